The molecule has 1 aromatic rings. The topological polar surface area (TPSA) is 86.8 Å². The molecule has 1 atom stereocenters. The maximum atomic E-state index is 12.7. The van der Waals surface area contributed by atoms with Crippen LogP contribution in [0.2, 0.25) is 0 Å². The number of hydrogen-bond acceptors (Lipinski definition) is 4. The number of carbonyl (C=O) groups is 2. The molecule has 7 nitrogen and oxygen atoms in total. The van der Waals surface area contributed by atoms with Crippen LogP contribution in [0.3, 0.4) is 0 Å². The lowest BCUT2D eigenvalue weighted by Gasteiger charge is -2.21. The van der Waals surface area contributed by atoms with Crippen molar-refractivity contribution in [2.45, 2.75) is 17.4 Å². The second-order valence-corrected chi connectivity index (χ2v) is 7.92. The van der Waals surface area contributed by atoms with Crippen molar-refractivity contribution in [2.24, 2.45) is 0 Å². The zero-order valence-corrected chi connectivity index (χ0v) is 13.9. The van der Waals surface area contributed by atoms with Crippen LogP contribution in [-0.4, -0.2) is 55.2 Å². The van der Waals surface area contributed by atoms with Gasteiger partial charge in [-0.15, -0.1) is 0 Å². The monoisotopic (exact) mass is 387 g/mol. The van der Waals surface area contributed by atoms with E-state index < -0.39 is 22.1 Å². The number of hydrogen-bond donors (Lipinski definition) is 1. The van der Waals surface area contributed by atoms with Crippen molar-refractivity contribution < 1.29 is 18.0 Å². The van der Waals surface area contributed by atoms with Gasteiger partial charge < -0.3 is 5.32 Å². The molecule has 1 unspecified atom stereocenters. The van der Waals surface area contributed by atoms with E-state index in [2.05, 4.69) is 21.2 Å². The van der Waals surface area contributed by atoms with Gasteiger partial charge in [0.05, 0.1) is 17.5 Å². The number of rotatable bonds is 3. The average molecular weight is 388 g/mol. The number of halogens is 1. The first-order valence-electron chi connectivity index (χ1n) is 6.76. The molecular formula is C13H14BrN3O4S. The largest absolute Gasteiger partial charge is 0.329 e. The fourth-order valence-corrected chi connectivity index (χ4v) is 5.19. The summed E-state index contributed by atoms with van der Waals surface area (Å²) in [6.07, 6.45) is 0.447. The highest BCUT2D eigenvalue weighted by Crippen LogP contribution is 2.28. The molecule has 3 amide bonds. The van der Waals surface area contributed by atoms with Gasteiger partial charge in [0.2, 0.25) is 15.9 Å². The smallest absolute Gasteiger partial charge is 0.324 e. The van der Waals surface area contributed by atoms with Crippen LogP contribution in [0.25, 0.3) is 0 Å². The standard InChI is InChI=1S/C13H14BrN3O4S/c14-10-3-1-2-4-11(10)22(20,21)16-6-5-9(8-16)17-12(18)7-15-13(17)19/h1-4,9H,5-8H2,(H,15,19). The Balaban J connectivity index is 1.82. The van der Waals surface area contributed by atoms with E-state index in [-0.39, 0.29) is 30.4 Å². The summed E-state index contributed by atoms with van der Waals surface area (Å²) in [6.45, 7) is 0.389. The van der Waals surface area contributed by atoms with E-state index in [1.807, 2.05) is 0 Å². The SMILES string of the molecule is O=C1CNC(=O)N1C1CCN(S(=O)(=O)c2ccccc2Br)C1. The number of nitrogens with one attached hydrogen (secondary N) is 1. The van der Waals surface area contributed by atoms with Gasteiger partial charge in [-0.3, -0.25) is 9.69 Å². The van der Waals surface area contributed by atoms with Gasteiger partial charge in [-0.1, -0.05) is 12.1 Å². The van der Waals surface area contributed by atoms with E-state index in [9.17, 15) is 18.0 Å². The second-order valence-electron chi connectivity index (χ2n) is 5.16. The number of nitrogens with zero attached hydrogens (tertiary/aromatic N) is 2. The van der Waals surface area contributed by atoms with Crippen LogP contribution in [-0.2, 0) is 14.8 Å². The molecule has 2 saturated heterocycles. The number of sulfonamides is 1. The van der Waals surface area contributed by atoms with Crippen LogP contribution in [0.5, 0.6) is 0 Å². The first-order chi connectivity index (χ1) is 10.4. The number of carbonyl (C=O) groups excluding carboxylic acids is 2. The third-order valence-corrected chi connectivity index (χ3v) is 6.70. The maximum Gasteiger partial charge on any atom is 0.324 e. The maximum absolute atomic E-state index is 12.7. The summed E-state index contributed by atoms with van der Waals surface area (Å²) in [6, 6.07) is 5.73. The van der Waals surface area contributed by atoms with Crippen molar-refractivity contribution in [3.05, 3.63) is 28.7 Å². The van der Waals surface area contributed by atoms with Gasteiger partial charge in [0.15, 0.2) is 0 Å². The molecule has 0 bridgehead atoms. The van der Waals surface area contributed by atoms with Crippen LogP contribution in [0.1, 0.15) is 6.42 Å². The number of amides is 3. The van der Waals surface area contributed by atoms with E-state index in [1.54, 1.807) is 18.2 Å². The molecule has 0 aromatic heterocycles. The van der Waals surface area contributed by atoms with Crippen LogP contribution in [0.15, 0.2) is 33.6 Å². The predicted molar refractivity (Wildman–Crippen MR) is 81.6 cm³/mol. The summed E-state index contributed by atoms with van der Waals surface area (Å²) in [5.41, 5.74) is 0. The fourth-order valence-electron chi connectivity index (χ4n) is 2.74. The summed E-state index contributed by atoms with van der Waals surface area (Å²) in [7, 11) is -3.65. The Bertz CT molecular complexity index is 721. The molecule has 1 aromatic carbocycles. The Hall–Kier alpha value is -1.45. The quantitative estimate of drug-likeness (QED) is 0.775. The molecule has 3 rings (SSSR count). The predicted octanol–water partition coefficient (Wildman–Crippen LogP) is 0.764. The molecular weight excluding hydrogens is 374 g/mol. The molecule has 9 heteroatoms. The molecule has 2 aliphatic rings. The highest BCUT2D eigenvalue weighted by molar-refractivity contribution is 9.10. The van der Waals surface area contributed by atoms with E-state index in [0.717, 1.165) is 4.90 Å². The Labute approximate surface area is 136 Å². The molecule has 0 spiro atoms. The third-order valence-electron chi connectivity index (χ3n) is 3.82. The van der Waals surface area contributed by atoms with Gasteiger partial charge >= 0.3 is 6.03 Å². The molecule has 2 aliphatic heterocycles. The van der Waals surface area contributed by atoms with Crippen molar-refractivity contribution in [3.63, 3.8) is 0 Å². The first kappa shape index (κ1) is 15.4. The minimum absolute atomic E-state index is 0.0215. The van der Waals surface area contributed by atoms with Gasteiger partial charge in [0.25, 0.3) is 0 Å². The van der Waals surface area contributed by atoms with Crippen molar-refractivity contribution >= 4 is 37.9 Å². The van der Waals surface area contributed by atoms with Crippen molar-refractivity contribution in [2.75, 3.05) is 19.6 Å². The third kappa shape index (κ3) is 2.53. The molecule has 2 heterocycles. The number of urea groups is 1. The Morgan fingerprint density at radius 1 is 1.23 bits per heavy atom. The average Bonchev–Trinajstić information content (AvgIpc) is 3.06. The second kappa shape index (κ2) is 5.64. The zero-order valence-electron chi connectivity index (χ0n) is 11.5. The number of benzene rings is 1. The van der Waals surface area contributed by atoms with Crippen LogP contribution < -0.4 is 5.32 Å². The number of imide groups is 1. The van der Waals surface area contributed by atoms with Gasteiger partial charge in [-0.25, -0.2) is 13.2 Å². The van der Waals surface area contributed by atoms with Crippen LogP contribution in [0.4, 0.5) is 4.79 Å². The van der Waals surface area contributed by atoms with Gasteiger partial charge in [0.1, 0.15) is 0 Å². The van der Waals surface area contributed by atoms with E-state index in [4.69, 9.17) is 0 Å². The minimum atomic E-state index is -3.65. The molecule has 1 N–H and O–H groups in total. The van der Waals surface area contributed by atoms with Gasteiger partial charge in [-0.2, -0.15) is 4.31 Å². The normalized spacial score (nSPS) is 23.1. The summed E-state index contributed by atoms with van der Waals surface area (Å²) in [5, 5.41) is 2.45. The molecule has 22 heavy (non-hydrogen) atoms. The first-order valence-corrected chi connectivity index (χ1v) is 8.99. The Morgan fingerprint density at radius 2 is 1.95 bits per heavy atom. The van der Waals surface area contributed by atoms with E-state index in [1.165, 1.54) is 10.4 Å². The van der Waals surface area contributed by atoms with E-state index in [0.29, 0.717) is 10.9 Å². The summed E-state index contributed by atoms with van der Waals surface area (Å²) in [4.78, 5) is 24.7. The molecule has 0 aliphatic carbocycles. The van der Waals surface area contributed by atoms with Gasteiger partial charge in [0, 0.05) is 17.6 Å². The van der Waals surface area contributed by atoms with E-state index >= 15 is 0 Å². The Kier molecular flexibility index (Phi) is 3.96. The molecule has 0 saturated carbocycles. The molecule has 2 fully saturated rings. The lowest BCUT2D eigenvalue weighted by atomic mass is 10.2. The lowest BCUT2D eigenvalue weighted by Crippen LogP contribution is -2.42. The molecule has 0 radical (unpaired) electrons. The zero-order chi connectivity index (χ0) is 15.9. The Morgan fingerprint density at radius 3 is 2.59 bits per heavy atom. The fraction of sp³-hybridized carbons (Fsp3) is 0.385. The summed E-state index contributed by atoms with van der Waals surface area (Å²) in [5.74, 6) is -0.310. The van der Waals surface area contributed by atoms with Crippen molar-refractivity contribution in [1.82, 2.24) is 14.5 Å². The summed E-state index contributed by atoms with van der Waals surface area (Å²) < 4.78 is 27.2. The van der Waals surface area contributed by atoms with Crippen LogP contribution in [0, 0.1) is 0 Å². The van der Waals surface area contributed by atoms with Crippen LogP contribution >= 0.6 is 15.9 Å². The minimum Gasteiger partial charge on any atom is -0.329 e. The van der Waals surface area contributed by atoms with Crippen molar-refractivity contribution in [1.29, 1.82) is 0 Å². The van der Waals surface area contributed by atoms with Gasteiger partial charge in [-0.05, 0) is 34.5 Å². The highest BCUT2D eigenvalue weighted by atomic mass is 79.9. The highest BCUT2D eigenvalue weighted by Gasteiger charge is 2.42. The summed E-state index contributed by atoms with van der Waals surface area (Å²) >= 11 is 3.25. The molecule has 118 valence electrons. The van der Waals surface area contributed by atoms with Crippen molar-refractivity contribution in [3.8, 4) is 0 Å². The lowest BCUT2D eigenvalue weighted by molar-refractivity contribution is -0.126.